The van der Waals surface area contributed by atoms with Crippen molar-refractivity contribution in [1.29, 1.82) is 0 Å². The van der Waals surface area contributed by atoms with Crippen LogP contribution in [0, 0.1) is 5.92 Å². The van der Waals surface area contributed by atoms with Crippen LogP contribution < -0.4 is 0 Å². The van der Waals surface area contributed by atoms with E-state index in [1.165, 1.54) is 24.1 Å². The van der Waals surface area contributed by atoms with E-state index in [1.807, 2.05) is 20.8 Å². The van der Waals surface area contributed by atoms with Crippen LogP contribution in [0.2, 0.25) is 0 Å². The summed E-state index contributed by atoms with van der Waals surface area (Å²) in [5.41, 5.74) is -0.561. The highest BCUT2D eigenvalue weighted by Crippen LogP contribution is 2.20. The molecule has 8 nitrogen and oxygen atoms in total. The highest BCUT2D eigenvalue weighted by molar-refractivity contribution is 7.89. The van der Waals surface area contributed by atoms with E-state index >= 15 is 0 Å². The molecular formula is C21H33N3O5S. The summed E-state index contributed by atoms with van der Waals surface area (Å²) in [4.78, 5) is 28.3. The van der Waals surface area contributed by atoms with Gasteiger partial charge in [0.05, 0.1) is 11.4 Å². The molecule has 0 radical (unpaired) electrons. The standard InChI is InChI=1S/C21H33N3O5S/c1-21(2,3)29-20(26)22(4)14-17-10-9-13-24(15-17)19(25)16-23(5)30(27,28)18-11-7-6-8-12-18/h6-8,11-12,17H,9-10,13-16H2,1-5H3. The van der Waals surface area contributed by atoms with Crippen molar-refractivity contribution in [2.24, 2.45) is 5.92 Å². The first-order chi connectivity index (χ1) is 13.9. The second-order valence-corrected chi connectivity index (χ2v) is 10.8. The van der Waals surface area contributed by atoms with E-state index in [1.54, 1.807) is 30.1 Å². The van der Waals surface area contributed by atoms with Gasteiger partial charge < -0.3 is 14.5 Å². The molecule has 1 unspecified atom stereocenters. The monoisotopic (exact) mass is 439 g/mol. The third kappa shape index (κ3) is 6.70. The third-order valence-electron chi connectivity index (χ3n) is 4.92. The fraction of sp³-hybridized carbons (Fsp3) is 0.619. The molecule has 1 heterocycles. The zero-order valence-electron chi connectivity index (χ0n) is 18.5. The van der Waals surface area contributed by atoms with Crippen LogP contribution in [0.5, 0.6) is 0 Å². The Morgan fingerprint density at radius 3 is 2.40 bits per heavy atom. The Balaban J connectivity index is 1.93. The molecule has 0 bridgehead atoms. The Morgan fingerprint density at radius 2 is 1.80 bits per heavy atom. The molecule has 30 heavy (non-hydrogen) atoms. The average molecular weight is 440 g/mol. The van der Waals surface area contributed by atoms with Gasteiger partial charge in [-0.2, -0.15) is 4.31 Å². The van der Waals surface area contributed by atoms with Crippen molar-refractivity contribution in [2.75, 3.05) is 40.3 Å². The van der Waals surface area contributed by atoms with Crippen LogP contribution in [0.1, 0.15) is 33.6 Å². The number of hydrogen-bond acceptors (Lipinski definition) is 5. The van der Waals surface area contributed by atoms with Crippen molar-refractivity contribution in [3.05, 3.63) is 30.3 Å². The molecule has 9 heteroatoms. The van der Waals surface area contributed by atoms with Crippen molar-refractivity contribution in [3.63, 3.8) is 0 Å². The molecule has 0 aromatic heterocycles. The van der Waals surface area contributed by atoms with Crippen LogP contribution >= 0.6 is 0 Å². The number of rotatable bonds is 6. The van der Waals surface area contributed by atoms with Gasteiger partial charge >= 0.3 is 6.09 Å². The number of likely N-dealkylation sites (N-methyl/N-ethyl adjacent to an activating group) is 1. The smallest absolute Gasteiger partial charge is 0.410 e. The molecular weight excluding hydrogens is 406 g/mol. The molecule has 168 valence electrons. The summed E-state index contributed by atoms with van der Waals surface area (Å²) in [5, 5.41) is 0. The summed E-state index contributed by atoms with van der Waals surface area (Å²) >= 11 is 0. The van der Waals surface area contributed by atoms with E-state index in [2.05, 4.69) is 0 Å². The molecule has 1 saturated heterocycles. The lowest BCUT2D eigenvalue weighted by molar-refractivity contribution is -0.133. The minimum Gasteiger partial charge on any atom is -0.444 e. The van der Waals surface area contributed by atoms with Gasteiger partial charge in [0.25, 0.3) is 0 Å². The number of benzene rings is 1. The van der Waals surface area contributed by atoms with Crippen LogP contribution in [-0.2, 0) is 19.6 Å². The normalized spacial score (nSPS) is 17.7. The lowest BCUT2D eigenvalue weighted by atomic mass is 9.97. The Hall–Kier alpha value is -2.13. The number of sulfonamides is 1. The van der Waals surface area contributed by atoms with Gasteiger partial charge in [0, 0.05) is 33.7 Å². The maximum Gasteiger partial charge on any atom is 0.410 e. The van der Waals surface area contributed by atoms with Gasteiger partial charge in [0.1, 0.15) is 5.60 Å². The predicted octanol–water partition coefficient (Wildman–Crippen LogP) is 2.41. The Morgan fingerprint density at radius 1 is 1.17 bits per heavy atom. The first kappa shape index (κ1) is 24.1. The quantitative estimate of drug-likeness (QED) is 0.679. The maximum atomic E-state index is 12.8. The highest BCUT2D eigenvalue weighted by atomic mass is 32.2. The molecule has 1 aliphatic rings. The summed E-state index contributed by atoms with van der Waals surface area (Å²) < 4.78 is 31.8. The molecule has 0 aliphatic carbocycles. The van der Waals surface area contributed by atoms with Crippen LogP contribution in [0.25, 0.3) is 0 Å². The summed E-state index contributed by atoms with van der Waals surface area (Å²) in [5.74, 6) is -0.113. The Bertz CT molecular complexity index is 836. The zero-order valence-corrected chi connectivity index (χ0v) is 19.3. The van der Waals surface area contributed by atoms with Gasteiger partial charge in [-0.1, -0.05) is 18.2 Å². The van der Waals surface area contributed by atoms with Gasteiger partial charge in [-0.05, 0) is 51.7 Å². The first-order valence-corrected chi connectivity index (χ1v) is 11.6. The van der Waals surface area contributed by atoms with Crippen LogP contribution in [0.15, 0.2) is 35.2 Å². The number of amides is 2. The SMILES string of the molecule is CN(CC1CCCN(C(=O)CN(C)S(=O)(=O)c2ccccc2)C1)C(=O)OC(C)(C)C. The Kier molecular flexibility index (Phi) is 7.87. The van der Waals surface area contributed by atoms with Crippen molar-refractivity contribution in [3.8, 4) is 0 Å². The van der Waals surface area contributed by atoms with E-state index in [-0.39, 0.29) is 29.4 Å². The third-order valence-corrected chi connectivity index (χ3v) is 6.74. The number of nitrogens with zero attached hydrogens (tertiary/aromatic N) is 3. The number of carbonyl (C=O) groups is 2. The van der Waals surface area contributed by atoms with Gasteiger partial charge in [-0.25, -0.2) is 13.2 Å². The molecule has 0 spiro atoms. The van der Waals surface area contributed by atoms with E-state index < -0.39 is 15.6 Å². The van der Waals surface area contributed by atoms with Crippen molar-refractivity contribution >= 4 is 22.0 Å². The van der Waals surface area contributed by atoms with Crippen LogP contribution in [0.4, 0.5) is 4.79 Å². The fourth-order valence-electron chi connectivity index (χ4n) is 3.39. The minimum atomic E-state index is -3.72. The predicted molar refractivity (Wildman–Crippen MR) is 114 cm³/mol. The maximum absolute atomic E-state index is 12.8. The fourth-order valence-corrected chi connectivity index (χ4v) is 4.53. The highest BCUT2D eigenvalue weighted by Gasteiger charge is 2.30. The van der Waals surface area contributed by atoms with Gasteiger partial charge in [0.2, 0.25) is 15.9 Å². The van der Waals surface area contributed by atoms with E-state index in [4.69, 9.17) is 4.74 Å². The Labute approximate surface area is 179 Å². The minimum absolute atomic E-state index is 0.122. The van der Waals surface area contributed by atoms with Crippen molar-refractivity contribution in [1.82, 2.24) is 14.1 Å². The summed E-state index contributed by atoms with van der Waals surface area (Å²) in [6.45, 7) is 6.80. The zero-order chi connectivity index (χ0) is 22.5. The molecule has 0 N–H and O–H groups in total. The number of piperidine rings is 1. The number of hydrogen-bond donors (Lipinski definition) is 0. The molecule has 0 saturated carbocycles. The molecule has 2 amide bonds. The number of carbonyl (C=O) groups excluding carboxylic acids is 2. The first-order valence-electron chi connectivity index (χ1n) is 10.1. The number of ether oxygens (including phenoxy) is 1. The van der Waals surface area contributed by atoms with Crippen molar-refractivity contribution in [2.45, 2.75) is 44.1 Å². The molecule has 1 aromatic carbocycles. The lowest BCUT2D eigenvalue weighted by Crippen LogP contribution is -2.48. The molecule has 1 aliphatic heterocycles. The second-order valence-electron chi connectivity index (χ2n) is 8.78. The molecule has 2 rings (SSSR count). The molecule has 1 fully saturated rings. The summed E-state index contributed by atoms with van der Waals surface area (Å²) in [6, 6.07) is 8.07. The van der Waals surface area contributed by atoms with Crippen molar-refractivity contribution < 1.29 is 22.7 Å². The number of likely N-dealkylation sites (tertiary alicyclic amines) is 1. The van der Waals surface area contributed by atoms with Gasteiger partial charge in [0.15, 0.2) is 0 Å². The van der Waals surface area contributed by atoms with Crippen LogP contribution in [0.3, 0.4) is 0 Å². The molecule has 1 aromatic rings. The summed E-state index contributed by atoms with van der Waals surface area (Å²) in [6.07, 6.45) is 1.32. The van der Waals surface area contributed by atoms with Gasteiger partial charge in [-0.15, -0.1) is 0 Å². The lowest BCUT2D eigenvalue weighted by Gasteiger charge is -2.35. The average Bonchev–Trinajstić information content (AvgIpc) is 2.67. The second kappa shape index (κ2) is 9.78. The van der Waals surface area contributed by atoms with E-state index in [0.717, 1.165) is 17.1 Å². The van der Waals surface area contributed by atoms with E-state index in [9.17, 15) is 18.0 Å². The van der Waals surface area contributed by atoms with Crippen LogP contribution in [-0.4, -0.2) is 80.4 Å². The topological polar surface area (TPSA) is 87.2 Å². The van der Waals surface area contributed by atoms with Gasteiger partial charge in [-0.3, -0.25) is 4.79 Å². The largest absolute Gasteiger partial charge is 0.444 e. The van der Waals surface area contributed by atoms with E-state index in [0.29, 0.717) is 19.6 Å². The molecule has 1 atom stereocenters. The summed E-state index contributed by atoms with van der Waals surface area (Å²) in [7, 11) is -0.613.